The molecule has 0 aliphatic rings. The van der Waals surface area contributed by atoms with E-state index in [2.05, 4.69) is 15.3 Å². The third kappa shape index (κ3) is 3.43. The molecule has 3 rings (SSSR count). The van der Waals surface area contributed by atoms with Gasteiger partial charge in [0.1, 0.15) is 11.6 Å². The molecule has 0 amide bonds. The van der Waals surface area contributed by atoms with E-state index >= 15 is 0 Å². The summed E-state index contributed by atoms with van der Waals surface area (Å²) in [4.78, 5) is 8.92. The van der Waals surface area contributed by atoms with Crippen molar-refractivity contribution >= 4 is 34.2 Å². The molecule has 0 aliphatic carbocycles. The van der Waals surface area contributed by atoms with Crippen molar-refractivity contribution in [3.8, 4) is 5.88 Å². The molecule has 3 N–H and O–H groups in total. The highest BCUT2D eigenvalue weighted by molar-refractivity contribution is 7.98. The molecule has 25 heavy (non-hydrogen) atoms. The minimum absolute atomic E-state index is 0.0522. The standard InChI is InChI=1S/C17H16F2N4OS/c1-24-15-4-3-10-16(14(20)8-22-17(10)23-15)21-7-11-12(18)5-9(25-2)6-13(11)19/h3-6,8H,7,20H2,1-2H3,(H,21,22,23). The number of anilines is 2. The third-order valence-electron chi connectivity index (χ3n) is 3.73. The number of nitrogen functional groups attached to an aromatic ring is 1. The largest absolute Gasteiger partial charge is 0.481 e. The number of nitrogens with two attached hydrogens (primary N) is 1. The monoisotopic (exact) mass is 362 g/mol. The Kier molecular flexibility index (Phi) is 4.89. The number of halogens is 2. The minimum atomic E-state index is -0.603. The molecule has 0 atom stereocenters. The predicted octanol–water partition coefficient (Wildman–Crippen LogP) is 3.83. The van der Waals surface area contributed by atoms with Gasteiger partial charge in [-0.1, -0.05) is 0 Å². The van der Waals surface area contributed by atoms with Crippen LogP contribution in [-0.4, -0.2) is 23.3 Å². The molecule has 0 saturated carbocycles. The fourth-order valence-corrected chi connectivity index (χ4v) is 2.87. The van der Waals surface area contributed by atoms with E-state index in [9.17, 15) is 8.78 Å². The van der Waals surface area contributed by atoms with Crippen molar-refractivity contribution in [1.29, 1.82) is 0 Å². The highest BCUT2D eigenvalue weighted by Gasteiger charge is 2.14. The fraction of sp³-hybridized carbons (Fsp3) is 0.176. The van der Waals surface area contributed by atoms with Crippen LogP contribution in [0.1, 0.15) is 5.56 Å². The van der Waals surface area contributed by atoms with Gasteiger partial charge >= 0.3 is 0 Å². The summed E-state index contributed by atoms with van der Waals surface area (Å²) < 4.78 is 33.4. The lowest BCUT2D eigenvalue weighted by Crippen LogP contribution is -2.08. The van der Waals surface area contributed by atoms with E-state index < -0.39 is 11.6 Å². The highest BCUT2D eigenvalue weighted by Crippen LogP contribution is 2.29. The van der Waals surface area contributed by atoms with Crippen molar-refractivity contribution < 1.29 is 13.5 Å². The van der Waals surface area contributed by atoms with E-state index in [1.54, 1.807) is 18.4 Å². The van der Waals surface area contributed by atoms with Gasteiger partial charge in [0.25, 0.3) is 0 Å². The second-order valence-corrected chi connectivity index (χ2v) is 6.12. The zero-order valence-electron chi connectivity index (χ0n) is 13.6. The van der Waals surface area contributed by atoms with Crippen molar-refractivity contribution in [2.45, 2.75) is 11.4 Å². The van der Waals surface area contributed by atoms with Crippen LogP contribution in [0.25, 0.3) is 11.0 Å². The van der Waals surface area contributed by atoms with Crippen molar-refractivity contribution in [2.24, 2.45) is 0 Å². The number of fused-ring (bicyclic) bond motifs is 1. The van der Waals surface area contributed by atoms with Crippen LogP contribution in [-0.2, 0) is 6.54 Å². The first-order chi connectivity index (χ1) is 12.0. The summed E-state index contributed by atoms with van der Waals surface area (Å²) in [6.07, 6.45) is 3.21. The first-order valence-electron chi connectivity index (χ1n) is 7.38. The quantitative estimate of drug-likeness (QED) is 0.672. The van der Waals surface area contributed by atoms with Gasteiger partial charge < -0.3 is 15.8 Å². The van der Waals surface area contributed by atoms with Gasteiger partial charge in [0.2, 0.25) is 5.88 Å². The van der Waals surface area contributed by atoms with Gasteiger partial charge in [-0.05, 0) is 24.5 Å². The smallest absolute Gasteiger partial charge is 0.215 e. The number of rotatable bonds is 5. The summed E-state index contributed by atoms with van der Waals surface area (Å²) in [7, 11) is 1.51. The van der Waals surface area contributed by atoms with Crippen LogP contribution in [0.15, 0.2) is 35.4 Å². The number of pyridine rings is 2. The molecule has 8 heteroatoms. The maximum atomic E-state index is 14.1. The van der Waals surface area contributed by atoms with Gasteiger partial charge in [-0.15, -0.1) is 11.8 Å². The lowest BCUT2D eigenvalue weighted by atomic mass is 10.1. The Morgan fingerprint density at radius 2 is 1.96 bits per heavy atom. The van der Waals surface area contributed by atoms with E-state index in [-0.39, 0.29) is 12.1 Å². The number of hydrogen-bond acceptors (Lipinski definition) is 6. The SMILES string of the molecule is COc1ccc2c(NCc3c(F)cc(SC)cc3F)c(N)cnc2n1. The number of aromatic nitrogens is 2. The number of methoxy groups -OCH3 is 1. The van der Waals surface area contributed by atoms with Gasteiger partial charge in [0, 0.05) is 28.5 Å². The van der Waals surface area contributed by atoms with Gasteiger partial charge in [-0.25, -0.2) is 13.8 Å². The van der Waals surface area contributed by atoms with Crippen LogP contribution in [0.4, 0.5) is 20.2 Å². The Bertz CT molecular complexity index is 913. The molecule has 0 unspecified atom stereocenters. The number of benzene rings is 1. The van der Waals surface area contributed by atoms with E-state index in [0.717, 1.165) is 0 Å². The number of ether oxygens (including phenoxy) is 1. The molecular weight excluding hydrogens is 346 g/mol. The van der Waals surface area contributed by atoms with Crippen LogP contribution in [0.3, 0.4) is 0 Å². The summed E-state index contributed by atoms with van der Waals surface area (Å²) in [5.41, 5.74) is 7.22. The second kappa shape index (κ2) is 7.10. The Balaban J connectivity index is 1.95. The normalized spacial score (nSPS) is 10.9. The zero-order valence-corrected chi connectivity index (χ0v) is 14.5. The van der Waals surface area contributed by atoms with Crippen LogP contribution in [0.5, 0.6) is 5.88 Å². The highest BCUT2D eigenvalue weighted by atomic mass is 32.2. The van der Waals surface area contributed by atoms with E-state index in [1.165, 1.54) is 37.2 Å². The van der Waals surface area contributed by atoms with Crippen molar-refractivity contribution in [2.75, 3.05) is 24.4 Å². The molecule has 0 fully saturated rings. The molecule has 3 aromatic rings. The average Bonchev–Trinajstić information content (AvgIpc) is 2.61. The zero-order chi connectivity index (χ0) is 18.0. The van der Waals surface area contributed by atoms with Crippen LogP contribution in [0, 0.1) is 11.6 Å². The summed E-state index contributed by atoms with van der Waals surface area (Å²) in [5, 5.41) is 3.64. The lowest BCUT2D eigenvalue weighted by Gasteiger charge is -2.13. The summed E-state index contributed by atoms with van der Waals surface area (Å²) in [5.74, 6) is -0.789. The fourth-order valence-electron chi connectivity index (χ4n) is 2.43. The topological polar surface area (TPSA) is 73.1 Å². The molecule has 0 aliphatic heterocycles. The Morgan fingerprint density at radius 1 is 1.24 bits per heavy atom. The van der Waals surface area contributed by atoms with Crippen molar-refractivity contribution in [1.82, 2.24) is 9.97 Å². The van der Waals surface area contributed by atoms with Gasteiger partial charge in [0.15, 0.2) is 5.65 Å². The third-order valence-corrected chi connectivity index (χ3v) is 4.44. The Labute approximate surface area is 147 Å². The van der Waals surface area contributed by atoms with Crippen molar-refractivity contribution in [3.05, 3.63) is 47.7 Å². The Morgan fingerprint density at radius 3 is 2.60 bits per heavy atom. The second-order valence-electron chi connectivity index (χ2n) is 5.24. The minimum Gasteiger partial charge on any atom is -0.481 e. The molecule has 0 radical (unpaired) electrons. The number of hydrogen-bond donors (Lipinski definition) is 2. The summed E-state index contributed by atoms with van der Waals surface area (Å²) in [6.45, 7) is -0.0539. The van der Waals surface area contributed by atoms with Gasteiger partial charge in [-0.2, -0.15) is 4.98 Å². The first-order valence-corrected chi connectivity index (χ1v) is 8.61. The first kappa shape index (κ1) is 17.2. The van der Waals surface area contributed by atoms with E-state index in [4.69, 9.17) is 10.5 Å². The maximum Gasteiger partial charge on any atom is 0.215 e. The summed E-state index contributed by atoms with van der Waals surface area (Å²) >= 11 is 1.28. The molecule has 1 aromatic carbocycles. The summed E-state index contributed by atoms with van der Waals surface area (Å²) in [6, 6.07) is 6.04. The number of thioether (sulfide) groups is 1. The molecule has 0 bridgehead atoms. The lowest BCUT2D eigenvalue weighted by molar-refractivity contribution is 0.399. The molecule has 2 aromatic heterocycles. The molecule has 5 nitrogen and oxygen atoms in total. The molecular formula is C17H16F2N4OS. The van der Waals surface area contributed by atoms with Gasteiger partial charge in [0.05, 0.1) is 24.7 Å². The predicted molar refractivity (Wildman–Crippen MR) is 96.0 cm³/mol. The average molecular weight is 362 g/mol. The van der Waals surface area contributed by atoms with Gasteiger partial charge in [-0.3, -0.25) is 0 Å². The van der Waals surface area contributed by atoms with E-state index in [0.29, 0.717) is 33.2 Å². The Hall–Kier alpha value is -2.61. The number of nitrogens with one attached hydrogen (secondary N) is 1. The maximum absolute atomic E-state index is 14.1. The molecule has 130 valence electrons. The molecule has 0 saturated heterocycles. The molecule has 2 heterocycles. The number of nitrogens with zero attached hydrogens (tertiary/aromatic N) is 2. The van der Waals surface area contributed by atoms with Crippen molar-refractivity contribution in [3.63, 3.8) is 0 Å². The van der Waals surface area contributed by atoms with Crippen LogP contribution >= 0.6 is 11.8 Å². The van der Waals surface area contributed by atoms with E-state index in [1.807, 2.05) is 0 Å². The van der Waals surface area contributed by atoms with Crippen LogP contribution in [0.2, 0.25) is 0 Å². The molecule has 0 spiro atoms. The van der Waals surface area contributed by atoms with Crippen LogP contribution < -0.4 is 15.8 Å².